The molecule has 1 aliphatic heterocycles. The van der Waals surface area contributed by atoms with Crippen molar-refractivity contribution in [3.05, 3.63) is 65.2 Å². The summed E-state index contributed by atoms with van der Waals surface area (Å²) < 4.78 is 31.7. The number of carbonyl (C=O) groups excluding carboxylic acids is 2. The lowest BCUT2D eigenvalue weighted by atomic mass is 9.97. The molecule has 10 heteroatoms. The number of nitrogens with zero attached hydrogens (tertiary/aromatic N) is 1. The number of anilines is 1. The molecule has 1 aliphatic rings. The summed E-state index contributed by atoms with van der Waals surface area (Å²) in [5, 5.41) is 13.4. The number of carboxylic acids is 1. The first-order valence-corrected chi connectivity index (χ1v) is 11.8. The second-order valence-corrected chi connectivity index (χ2v) is 8.42. The molecule has 2 aromatic carbocycles. The van der Waals surface area contributed by atoms with Crippen LogP contribution >= 0.6 is 0 Å². The van der Waals surface area contributed by atoms with Gasteiger partial charge in [0.2, 0.25) is 5.91 Å². The summed E-state index contributed by atoms with van der Waals surface area (Å²) in [6.07, 6.45) is -1.76. The number of halogens is 3. The highest BCUT2D eigenvalue weighted by molar-refractivity contribution is 5.98. The number of carbonyl (C=O) groups is 3. The van der Waals surface area contributed by atoms with Gasteiger partial charge in [0.1, 0.15) is 0 Å². The number of hydrogen-bond acceptors (Lipinski definition) is 5. The summed E-state index contributed by atoms with van der Waals surface area (Å²) in [5.41, 5.74) is 4.47. The third-order valence-electron chi connectivity index (χ3n) is 5.68. The second-order valence-electron chi connectivity index (χ2n) is 8.42. The highest BCUT2D eigenvalue weighted by atomic mass is 19.4. The van der Waals surface area contributed by atoms with Gasteiger partial charge in [0, 0.05) is 44.2 Å². The number of ketones is 1. The molecule has 1 amide bonds. The van der Waals surface area contributed by atoms with Crippen LogP contribution in [0.2, 0.25) is 0 Å². The van der Waals surface area contributed by atoms with Gasteiger partial charge >= 0.3 is 12.1 Å². The maximum Gasteiger partial charge on any atom is 0.490 e. The highest BCUT2D eigenvalue weighted by Crippen LogP contribution is 2.17. The third kappa shape index (κ3) is 10.1. The second kappa shape index (κ2) is 14.2. The van der Waals surface area contributed by atoms with Crippen LogP contribution < -0.4 is 15.5 Å². The van der Waals surface area contributed by atoms with Gasteiger partial charge in [-0.3, -0.25) is 9.59 Å². The predicted octanol–water partition coefficient (Wildman–Crippen LogP) is 3.61. The van der Waals surface area contributed by atoms with Gasteiger partial charge in [-0.25, -0.2) is 4.79 Å². The molecule has 3 rings (SSSR count). The molecule has 0 atom stereocenters. The maximum atomic E-state index is 12.5. The smallest absolute Gasteiger partial charge is 0.475 e. The monoisotopic (exact) mass is 507 g/mol. The average Bonchev–Trinajstić information content (AvgIpc) is 3.10. The number of fused-ring (bicyclic) bond motifs is 1. The predicted molar refractivity (Wildman–Crippen MR) is 131 cm³/mol. The number of hydrogen-bond donors (Lipinski definition) is 3. The van der Waals surface area contributed by atoms with Gasteiger partial charge in [0.05, 0.1) is 0 Å². The zero-order valence-corrected chi connectivity index (χ0v) is 20.2. The number of Topliss-reactive ketones (excluding diaryl/α,β-unsaturated/α-hetero) is 1. The highest BCUT2D eigenvalue weighted by Gasteiger charge is 2.38. The van der Waals surface area contributed by atoms with Gasteiger partial charge < -0.3 is 20.6 Å². The van der Waals surface area contributed by atoms with Crippen LogP contribution in [0, 0.1) is 0 Å². The van der Waals surface area contributed by atoms with Gasteiger partial charge in [-0.15, -0.1) is 0 Å². The van der Waals surface area contributed by atoms with Gasteiger partial charge in [0.15, 0.2) is 5.78 Å². The zero-order chi connectivity index (χ0) is 26.6. The first kappa shape index (κ1) is 28.8. The van der Waals surface area contributed by atoms with Crippen LogP contribution in [0.25, 0.3) is 0 Å². The molecule has 0 bridgehead atoms. The fraction of sp³-hybridized carbons (Fsp3) is 0.423. The molecule has 0 fully saturated rings. The molecule has 0 spiro atoms. The van der Waals surface area contributed by atoms with Crippen molar-refractivity contribution in [2.24, 2.45) is 0 Å². The topological polar surface area (TPSA) is 98.7 Å². The maximum absolute atomic E-state index is 12.5. The molecule has 0 saturated carbocycles. The van der Waals surface area contributed by atoms with E-state index in [0.29, 0.717) is 6.54 Å². The Morgan fingerprint density at radius 3 is 2.28 bits per heavy atom. The Morgan fingerprint density at radius 1 is 1.00 bits per heavy atom. The van der Waals surface area contributed by atoms with Crippen molar-refractivity contribution >= 4 is 23.3 Å². The van der Waals surface area contributed by atoms with Crippen LogP contribution in [0.5, 0.6) is 0 Å². The number of carboxylic acid groups (broad SMARTS) is 1. The summed E-state index contributed by atoms with van der Waals surface area (Å²) in [5.74, 6) is -2.77. The number of benzene rings is 2. The normalized spacial score (nSPS) is 12.9. The fourth-order valence-electron chi connectivity index (χ4n) is 3.66. The van der Waals surface area contributed by atoms with Crippen LogP contribution in [-0.4, -0.2) is 62.2 Å². The molecule has 196 valence electrons. The van der Waals surface area contributed by atoms with Gasteiger partial charge in [0.25, 0.3) is 0 Å². The van der Waals surface area contributed by atoms with Crippen LogP contribution in [0.1, 0.15) is 40.7 Å². The van der Waals surface area contributed by atoms with Gasteiger partial charge in [-0.1, -0.05) is 30.3 Å². The fourth-order valence-corrected chi connectivity index (χ4v) is 3.66. The third-order valence-corrected chi connectivity index (χ3v) is 5.68. The summed E-state index contributed by atoms with van der Waals surface area (Å²) in [4.78, 5) is 35.6. The van der Waals surface area contributed by atoms with E-state index in [-0.39, 0.29) is 24.5 Å². The molecule has 7 nitrogen and oxygen atoms in total. The average molecular weight is 508 g/mol. The van der Waals surface area contributed by atoms with E-state index in [1.54, 1.807) is 0 Å². The number of alkyl halides is 3. The number of rotatable bonds is 9. The van der Waals surface area contributed by atoms with Crippen LogP contribution in [0.15, 0.2) is 48.5 Å². The summed E-state index contributed by atoms with van der Waals surface area (Å²) in [7, 11) is 2.05. The molecule has 0 saturated heterocycles. The van der Waals surface area contributed by atoms with Crippen molar-refractivity contribution in [1.82, 2.24) is 10.6 Å². The number of aliphatic carboxylic acids is 1. The number of amides is 1. The quantitative estimate of drug-likeness (QED) is 0.354. The van der Waals surface area contributed by atoms with E-state index in [4.69, 9.17) is 9.90 Å². The van der Waals surface area contributed by atoms with E-state index < -0.39 is 12.1 Å². The Hall–Kier alpha value is -3.40. The van der Waals surface area contributed by atoms with Crippen molar-refractivity contribution in [1.29, 1.82) is 0 Å². The number of nitrogens with one attached hydrogen (secondary N) is 2. The molecular formula is C26H32F3N3O4. The van der Waals surface area contributed by atoms with Crippen LogP contribution in [0.3, 0.4) is 0 Å². The van der Waals surface area contributed by atoms with E-state index in [0.717, 1.165) is 44.5 Å². The Balaban J connectivity index is 0.000000572. The largest absolute Gasteiger partial charge is 0.490 e. The van der Waals surface area contributed by atoms with Crippen molar-refractivity contribution in [2.75, 3.05) is 38.1 Å². The lowest BCUT2D eigenvalue weighted by Gasteiger charge is -2.19. The molecule has 0 aliphatic carbocycles. The lowest BCUT2D eigenvalue weighted by Crippen LogP contribution is -2.28. The summed E-state index contributed by atoms with van der Waals surface area (Å²) in [6.45, 7) is 3.43. The molecule has 2 aromatic rings. The minimum atomic E-state index is -5.08. The minimum Gasteiger partial charge on any atom is -0.475 e. The molecule has 1 heterocycles. The standard InChI is InChI=1S/C24H31N3O2.C2HF3O2/c1-27(22-6-3-2-4-7-22)17-5-14-26-24(29)11-10-23(28)21-9-8-19-12-15-25-16-13-20(19)18-21;3-2(4,5)1(6)7/h2-4,6-9,18,25H,5,10-17H2,1H3,(H,26,29);(H,6,7). The van der Waals surface area contributed by atoms with E-state index in [1.165, 1.54) is 16.8 Å². The van der Waals surface area contributed by atoms with Crippen LogP contribution in [-0.2, 0) is 22.4 Å². The van der Waals surface area contributed by atoms with E-state index in [1.807, 2.05) is 37.4 Å². The van der Waals surface area contributed by atoms with E-state index >= 15 is 0 Å². The SMILES string of the molecule is CN(CCCNC(=O)CCC(=O)c1ccc2c(c1)CCNCC2)c1ccccc1.O=C(O)C(F)(F)F. The van der Waals surface area contributed by atoms with Gasteiger partial charge in [-0.05, 0) is 61.7 Å². The molecule has 0 aromatic heterocycles. The van der Waals surface area contributed by atoms with Crippen LogP contribution in [0.4, 0.5) is 18.9 Å². The Morgan fingerprint density at radius 2 is 1.64 bits per heavy atom. The van der Waals surface area contributed by atoms with E-state index in [9.17, 15) is 22.8 Å². The van der Waals surface area contributed by atoms with Gasteiger partial charge in [-0.2, -0.15) is 13.2 Å². The molecule has 3 N–H and O–H groups in total. The first-order valence-electron chi connectivity index (χ1n) is 11.8. The zero-order valence-electron chi connectivity index (χ0n) is 20.2. The first-order chi connectivity index (χ1) is 17.1. The summed E-state index contributed by atoms with van der Waals surface area (Å²) >= 11 is 0. The molecule has 36 heavy (non-hydrogen) atoms. The molecule has 0 radical (unpaired) electrons. The lowest BCUT2D eigenvalue weighted by molar-refractivity contribution is -0.192. The number of para-hydroxylation sites is 1. The van der Waals surface area contributed by atoms with E-state index in [2.05, 4.69) is 33.7 Å². The summed E-state index contributed by atoms with van der Waals surface area (Å²) in [6, 6.07) is 16.2. The van der Waals surface area contributed by atoms with Crippen molar-refractivity contribution in [3.63, 3.8) is 0 Å². The van der Waals surface area contributed by atoms with Crippen molar-refractivity contribution < 1.29 is 32.7 Å². The Labute approximate surface area is 208 Å². The Bertz CT molecular complexity index is 1010. The molecule has 0 unspecified atom stereocenters. The van der Waals surface area contributed by atoms with Crippen molar-refractivity contribution in [2.45, 2.75) is 38.3 Å². The minimum absolute atomic E-state index is 0.0453. The molecular weight excluding hydrogens is 475 g/mol. The Kier molecular flexibility index (Phi) is 11.4. The van der Waals surface area contributed by atoms with Crippen molar-refractivity contribution in [3.8, 4) is 0 Å².